The summed E-state index contributed by atoms with van der Waals surface area (Å²) in [4.78, 5) is 0. The van der Waals surface area contributed by atoms with Crippen LogP contribution in [0, 0.1) is 3.57 Å². The van der Waals surface area contributed by atoms with Crippen LogP contribution < -0.4 is 10.5 Å². The second kappa shape index (κ2) is 4.06. The highest BCUT2D eigenvalue weighted by atomic mass is 127. The van der Waals surface area contributed by atoms with E-state index >= 15 is 0 Å². The van der Waals surface area contributed by atoms with Crippen molar-refractivity contribution in [3.8, 4) is 5.75 Å². The van der Waals surface area contributed by atoms with Crippen LogP contribution in [0.15, 0.2) is 12.1 Å². The molecule has 0 saturated carbocycles. The molecule has 3 heteroatoms. The highest BCUT2D eigenvalue weighted by Crippen LogP contribution is 2.35. The van der Waals surface area contributed by atoms with Gasteiger partial charge in [-0.3, -0.25) is 0 Å². The van der Waals surface area contributed by atoms with Crippen LogP contribution in [0.1, 0.15) is 30.0 Å². The van der Waals surface area contributed by atoms with Crippen molar-refractivity contribution >= 4 is 22.6 Å². The molecule has 0 amide bonds. The monoisotopic (exact) mass is 303 g/mol. The summed E-state index contributed by atoms with van der Waals surface area (Å²) in [5.41, 5.74) is 8.76. The first-order valence-electron chi connectivity index (χ1n) is 4.85. The number of benzene rings is 1. The Morgan fingerprint density at radius 1 is 1.50 bits per heavy atom. The molecule has 1 aromatic carbocycles. The first kappa shape index (κ1) is 10.2. The minimum Gasteiger partial charge on any atom is -0.496 e. The highest BCUT2D eigenvalue weighted by molar-refractivity contribution is 14.1. The molecule has 0 heterocycles. The summed E-state index contributed by atoms with van der Waals surface area (Å²) < 4.78 is 6.53. The molecule has 1 atom stereocenters. The summed E-state index contributed by atoms with van der Waals surface area (Å²) in [6.07, 6.45) is 3.44. The highest BCUT2D eigenvalue weighted by Gasteiger charge is 2.20. The molecule has 0 saturated heterocycles. The van der Waals surface area contributed by atoms with Gasteiger partial charge in [-0.1, -0.05) is 6.07 Å². The van der Waals surface area contributed by atoms with Gasteiger partial charge in [-0.25, -0.2) is 0 Å². The van der Waals surface area contributed by atoms with Crippen LogP contribution in [0.3, 0.4) is 0 Å². The lowest BCUT2D eigenvalue weighted by atomic mass is 9.88. The minimum absolute atomic E-state index is 0.221. The SMILES string of the molecule is COc1ccc2c(c1I)CCCC2N. The summed E-state index contributed by atoms with van der Waals surface area (Å²) in [7, 11) is 1.71. The van der Waals surface area contributed by atoms with Gasteiger partial charge in [-0.15, -0.1) is 0 Å². The number of hydrogen-bond donors (Lipinski definition) is 1. The first-order valence-corrected chi connectivity index (χ1v) is 5.92. The topological polar surface area (TPSA) is 35.2 Å². The van der Waals surface area contributed by atoms with Gasteiger partial charge in [0.25, 0.3) is 0 Å². The Hall–Kier alpha value is -0.290. The molecule has 0 bridgehead atoms. The zero-order valence-electron chi connectivity index (χ0n) is 8.22. The van der Waals surface area contributed by atoms with Gasteiger partial charge >= 0.3 is 0 Å². The van der Waals surface area contributed by atoms with Crippen molar-refractivity contribution in [1.29, 1.82) is 0 Å². The van der Waals surface area contributed by atoms with Gasteiger partial charge < -0.3 is 10.5 Å². The Morgan fingerprint density at radius 2 is 2.29 bits per heavy atom. The van der Waals surface area contributed by atoms with Crippen molar-refractivity contribution in [3.63, 3.8) is 0 Å². The first-order chi connectivity index (χ1) is 6.74. The third-order valence-corrected chi connectivity index (χ3v) is 3.99. The van der Waals surface area contributed by atoms with Gasteiger partial charge in [-0.05, 0) is 59.0 Å². The smallest absolute Gasteiger partial charge is 0.132 e. The summed E-state index contributed by atoms with van der Waals surface area (Å²) in [5, 5.41) is 0. The summed E-state index contributed by atoms with van der Waals surface area (Å²) in [6, 6.07) is 4.35. The van der Waals surface area contributed by atoms with E-state index in [1.54, 1.807) is 7.11 Å². The zero-order chi connectivity index (χ0) is 10.1. The van der Waals surface area contributed by atoms with Crippen LogP contribution in [0.2, 0.25) is 0 Å². The molecule has 0 aliphatic heterocycles. The predicted octanol–water partition coefficient (Wildman–Crippen LogP) is 2.64. The Morgan fingerprint density at radius 3 is 3.00 bits per heavy atom. The fourth-order valence-corrected chi connectivity index (χ4v) is 3.01. The van der Waals surface area contributed by atoms with Crippen LogP contribution in [-0.4, -0.2) is 7.11 Å². The summed E-state index contributed by atoms with van der Waals surface area (Å²) in [6.45, 7) is 0. The van der Waals surface area contributed by atoms with E-state index < -0.39 is 0 Å². The molecule has 1 aliphatic rings. The van der Waals surface area contributed by atoms with Crippen LogP contribution in [0.5, 0.6) is 5.75 Å². The van der Waals surface area contributed by atoms with Gasteiger partial charge in [0.15, 0.2) is 0 Å². The second-order valence-electron chi connectivity index (χ2n) is 3.65. The van der Waals surface area contributed by atoms with E-state index in [0.717, 1.165) is 18.6 Å². The van der Waals surface area contributed by atoms with Crippen molar-refractivity contribution in [3.05, 3.63) is 26.8 Å². The van der Waals surface area contributed by atoms with Gasteiger partial charge in [0.05, 0.1) is 10.7 Å². The normalized spacial score (nSPS) is 20.4. The Kier molecular flexibility index (Phi) is 2.97. The molecule has 2 N–H and O–H groups in total. The number of hydrogen-bond acceptors (Lipinski definition) is 2. The van der Waals surface area contributed by atoms with Crippen molar-refractivity contribution in [2.75, 3.05) is 7.11 Å². The van der Waals surface area contributed by atoms with E-state index in [1.807, 2.05) is 6.07 Å². The van der Waals surface area contributed by atoms with E-state index in [0.29, 0.717) is 0 Å². The molecule has 2 rings (SSSR count). The van der Waals surface area contributed by atoms with Crippen LogP contribution in [0.25, 0.3) is 0 Å². The molecule has 0 radical (unpaired) electrons. The maximum Gasteiger partial charge on any atom is 0.132 e. The van der Waals surface area contributed by atoms with E-state index in [4.69, 9.17) is 10.5 Å². The number of fused-ring (bicyclic) bond motifs is 1. The van der Waals surface area contributed by atoms with E-state index in [-0.39, 0.29) is 6.04 Å². The molecular weight excluding hydrogens is 289 g/mol. The molecule has 14 heavy (non-hydrogen) atoms. The number of rotatable bonds is 1. The van der Waals surface area contributed by atoms with Crippen molar-refractivity contribution in [1.82, 2.24) is 0 Å². The molecule has 76 valence electrons. The molecular formula is C11H14INO. The number of methoxy groups -OCH3 is 1. The quantitative estimate of drug-likeness (QED) is 0.810. The zero-order valence-corrected chi connectivity index (χ0v) is 10.4. The Balaban J connectivity index is 2.52. The molecule has 2 nitrogen and oxygen atoms in total. The number of ether oxygens (including phenoxy) is 1. The Labute approximate surface area is 98.0 Å². The minimum atomic E-state index is 0.221. The molecule has 1 unspecified atom stereocenters. The fourth-order valence-electron chi connectivity index (χ4n) is 2.03. The largest absolute Gasteiger partial charge is 0.496 e. The third kappa shape index (κ3) is 1.63. The predicted molar refractivity (Wildman–Crippen MR) is 65.6 cm³/mol. The summed E-state index contributed by atoms with van der Waals surface area (Å²) >= 11 is 2.35. The average Bonchev–Trinajstić information content (AvgIpc) is 2.20. The summed E-state index contributed by atoms with van der Waals surface area (Å²) in [5.74, 6) is 0.971. The van der Waals surface area contributed by atoms with Crippen LogP contribution in [-0.2, 0) is 6.42 Å². The molecule has 1 aliphatic carbocycles. The lowest BCUT2D eigenvalue weighted by Crippen LogP contribution is -2.18. The molecule has 0 aromatic heterocycles. The van der Waals surface area contributed by atoms with Crippen molar-refractivity contribution in [2.24, 2.45) is 5.73 Å². The Bertz CT molecular complexity index is 351. The van der Waals surface area contributed by atoms with Crippen LogP contribution in [0.4, 0.5) is 0 Å². The van der Waals surface area contributed by atoms with E-state index in [1.165, 1.54) is 21.1 Å². The van der Waals surface area contributed by atoms with Crippen LogP contribution >= 0.6 is 22.6 Å². The molecule has 1 aromatic rings. The lowest BCUT2D eigenvalue weighted by Gasteiger charge is -2.24. The van der Waals surface area contributed by atoms with Crippen molar-refractivity contribution in [2.45, 2.75) is 25.3 Å². The lowest BCUT2D eigenvalue weighted by molar-refractivity contribution is 0.409. The average molecular weight is 303 g/mol. The number of nitrogens with two attached hydrogens (primary N) is 1. The molecule has 0 spiro atoms. The van der Waals surface area contributed by atoms with E-state index in [9.17, 15) is 0 Å². The maximum atomic E-state index is 6.06. The third-order valence-electron chi connectivity index (χ3n) is 2.81. The fraction of sp³-hybridized carbons (Fsp3) is 0.455. The van der Waals surface area contributed by atoms with Gasteiger partial charge in [0.2, 0.25) is 0 Å². The van der Waals surface area contributed by atoms with E-state index in [2.05, 4.69) is 28.7 Å². The van der Waals surface area contributed by atoms with Gasteiger partial charge in [0.1, 0.15) is 5.75 Å². The van der Waals surface area contributed by atoms with Gasteiger partial charge in [-0.2, -0.15) is 0 Å². The maximum absolute atomic E-state index is 6.06. The molecule has 0 fully saturated rings. The second-order valence-corrected chi connectivity index (χ2v) is 4.73. The van der Waals surface area contributed by atoms with Gasteiger partial charge in [0, 0.05) is 6.04 Å². The standard InChI is InChI=1S/C11H14INO/c1-14-10-6-5-7-8(11(10)12)3-2-4-9(7)13/h5-6,9H,2-4,13H2,1H3. The number of halogens is 1. The van der Waals surface area contributed by atoms with Crippen molar-refractivity contribution < 1.29 is 4.74 Å².